The van der Waals surface area contributed by atoms with Gasteiger partial charge in [0.15, 0.2) is 0 Å². The highest BCUT2D eigenvalue weighted by atomic mass is 32.2. The van der Waals surface area contributed by atoms with Crippen molar-refractivity contribution < 1.29 is 17.9 Å². The summed E-state index contributed by atoms with van der Waals surface area (Å²) in [5.74, 6) is 0.507. The Labute approximate surface area is 166 Å². The summed E-state index contributed by atoms with van der Waals surface area (Å²) in [5, 5.41) is 2.88. The lowest BCUT2D eigenvalue weighted by molar-refractivity contribution is -0.116. The predicted molar refractivity (Wildman–Crippen MR) is 109 cm³/mol. The van der Waals surface area contributed by atoms with Gasteiger partial charge in [-0.3, -0.25) is 4.79 Å². The van der Waals surface area contributed by atoms with Crippen molar-refractivity contribution in [1.82, 2.24) is 4.31 Å². The minimum atomic E-state index is -3.40. The van der Waals surface area contributed by atoms with Gasteiger partial charge < -0.3 is 10.1 Å². The van der Waals surface area contributed by atoms with Crippen LogP contribution in [0.3, 0.4) is 0 Å². The van der Waals surface area contributed by atoms with E-state index in [1.807, 2.05) is 25.1 Å². The summed E-state index contributed by atoms with van der Waals surface area (Å²) in [4.78, 5) is 12.6. The molecule has 1 fully saturated rings. The number of nitrogens with zero attached hydrogens (tertiary/aromatic N) is 1. The Balaban J connectivity index is 1.59. The molecule has 3 rings (SSSR count). The Morgan fingerprint density at radius 1 is 1.11 bits per heavy atom. The highest BCUT2D eigenvalue weighted by Gasteiger charge is 2.26. The van der Waals surface area contributed by atoms with E-state index in [0.717, 1.165) is 24.0 Å². The number of carbonyl (C=O) groups is 1. The van der Waals surface area contributed by atoms with Gasteiger partial charge in [0.2, 0.25) is 15.9 Å². The first kappa shape index (κ1) is 20.4. The van der Waals surface area contributed by atoms with E-state index in [1.54, 1.807) is 31.4 Å². The van der Waals surface area contributed by atoms with Crippen molar-refractivity contribution in [2.24, 2.45) is 0 Å². The summed E-state index contributed by atoms with van der Waals surface area (Å²) < 4.78 is 31.9. The van der Waals surface area contributed by atoms with Crippen molar-refractivity contribution in [3.05, 3.63) is 53.6 Å². The van der Waals surface area contributed by atoms with Crippen LogP contribution in [0.25, 0.3) is 0 Å². The number of rotatable bonds is 7. The van der Waals surface area contributed by atoms with Gasteiger partial charge in [0.1, 0.15) is 5.75 Å². The molecule has 0 unspecified atom stereocenters. The fraction of sp³-hybridized carbons (Fsp3) is 0.381. The van der Waals surface area contributed by atoms with Crippen LogP contribution in [0.1, 0.15) is 30.4 Å². The second kappa shape index (κ2) is 8.75. The summed E-state index contributed by atoms with van der Waals surface area (Å²) in [6.07, 6.45) is 2.66. The molecule has 0 bridgehead atoms. The predicted octanol–water partition coefficient (Wildman–Crippen LogP) is 3.36. The van der Waals surface area contributed by atoms with Gasteiger partial charge in [-0.1, -0.05) is 18.2 Å². The molecule has 0 spiro atoms. The molecule has 2 aromatic rings. The molecule has 150 valence electrons. The number of sulfonamides is 1. The van der Waals surface area contributed by atoms with Crippen LogP contribution in [0.2, 0.25) is 0 Å². The standard InChI is InChI=1S/C21H26N2O4S/c1-16-5-11-20(27-2)19(15-16)22-21(24)12-8-17-6-9-18(10-7-17)28(25,26)23-13-3-4-14-23/h5-7,9-11,15H,3-4,8,12-14H2,1-2H3,(H,22,24). The van der Waals surface area contributed by atoms with Crippen molar-refractivity contribution in [1.29, 1.82) is 0 Å². The van der Waals surface area contributed by atoms with Crippen LogP contribution >= 0.6 is 0 Å². The van der Waals surface area contributed by atoms with Gasteiger partial charge in [0.05, 0.1) is 17.7 Å². The first-order valence-corrected chi connectivity index (χ1v) is 10.9. The molecule has 2 aromatic carbocycles. The SMILES string of the molecule is COc1ccc(C)cc1NC(=O)CCc1ccc(S(=O)(=O)N2CCCC2)cc1. The van der Waals surface area contributed by atoms with E-state index in [2.05, 4.69) is 5.32 Å². The Morgan fingerprint density at radius 2 is 1.79 bits per heavy atom. The van der Waals surface area contributed by atoms with Crippen LogP contribution in [0.5, 0.6) is 5.75 Å². The molecule has 1 aliphatic heterocycles. The lowest BCUT2D eigenvalue weighted by Crippen LogP contribution is -2.27. The summed E-state index contributed by atoms with van der Waals surface area (Å²) in [6, 6.07) is 12.4. The molecule has 6 nitrogen and oxygen atoms in total. The average Bonchev–Trinajstić information content (AvgIpc) is 3.23. The average molecular weight is 403 g/mol. The van der Waals surface area contributed by atoms with E-state index < -0.39 is 10.0 Å². The smallest absolute Gasteiger partial charge is 0.243 e. The molecular formula is C21H26N2O4S. The Morgan fingerprint density at radius 3 is 2.43 bits per heavy atom. The van der Waals surface area contributed by atoms with Crippen LogP contribution in [-0.4, -0.2) is 38.8 Å². The zero-order valence-corrected chi connectivity index (χ0v) is 17.1. The second-order valence-corrected chi connectivity index (χ2v) is 8.94. The zero-order valence-electron chi connectivity index (χ0n) is 16.3. The molecule has 0 aromatic heterocycles. The van der Waals surface area contributed by atoms with Crippen LogP contribution in [0.15, 0.2) is 47.4 Å². The normalized spacial score (nSPS) is 14.8. The number of hydrogen-bond donors (Lipinski definition) is 1. The molecule has 7 heteroatoms. The van der Waals surface area contributed by atoms with Crippen molar-refractivity contribution in [3.8, 4) is 5.75 Å². The third-order valence-corrected chi connectivity index (χ3v) is 6.81. The lowest BCUT2D eigenvalue weighted by atomic mass is 10.1. The summed E-state index contributed by atoms with van der Waals surface area (Å²) in [6.45, 7) is 3.13. The highest BCUT2D eigenvalue weighted by molar-refractivity contribution is 7.89. The van der Waals surface area contributed by atoms with Crippen molar-refractivity contribution >= 4 is 21.6 Å². The number of anilines is 1. The van der Waals surface area contributed by atoms with Crippen molar-refractivity contribution in [2.75, 3.05) is 25.5 Å². The quantitative estimate of drug-likeness (QED) is 0.771. The molecule has 1 saturated heterocycles. The van der Waals surface area contributed by atoms with E-state index in [9.17, 15) is 13.2 Å². The van der Waals surface area contributed by atoms with Crippen LogP contribution in [0.4, 0.5) is 5.69 Å². The minimum absolute atomic E-state index is 0.113. The fourth-order valence-electron chi connectivity index (χ4n) is 3.30. The first-order chi connectivity index (χ1) is 13.4. The van der Waals surface area contributed by atoms with Gasteiger partial charge in [-0.25, -0.2) is 8.42 Å². The lowest BCUT2D eigenvalue weighted by Gasteiger charge is -2.15. The van der Waals surface area contributed by atoms with Gasteiger partial charge in [0.25, 0.3) is 0 Å². The molecule has 1 heterocycles. The van der Waals surface area contributed by atoms with E-state index >= 15 is 0 Å². The minimum Gasteiger partial charge on any atom is -0.495 e. The van der Waals surface area contributed by atoms with Crippen molar-refractivity contribution in [3.63, 3.8) is 0 Å². The number of hydrogen-bond acceptors (Lipinski definition) is 4. The molecule has 1 N–H and O–H groups in total. The molecular weight excluding hydrogens is 376 g/mol. The van der Waals surface area contributed by atoms with Gasteiger partial charge in [-0.2, -0.15) is 4.31 Å². The maximum atomic E-state index is 12.6. The number of aryl methyl sites for hydroxylation is 2. The first-order valence-electron chi connectivity index (χ1n) is 9.44. The topological polar surface area (TPSA) is 75.7 Å². The largest absolute Gasteiger partial charge is 0.495 e. The van der Waals surface area contributed by atoms with Crippen LogP contribution < -0.4 is 10.1 Å². The van der Waals surface area contributed by atoms with Gasteiger partial charge in [-0.15, -0.1) is 0 Å². The molecule has 0 saturated carbocycles. The molecule has 28 heavy (non-hydrogen) atoms. The second-order valence-electron chi connectivity index (χ2n) is 7.01. The summed E-state index contributed by atoms with van der Waals surface area (Å²) in [7, 11) is -1.83. The number of benzene rings is 2. The maximum Gasteiger partial charge on any atom is 0.243 e. The van der Waals surface area contributed by atoms with Gasteiger partial charge >= 0.3 is 0 Å². The van der Waals surface area contributed by atoms with E-state index in [0.29, 0.717) is 42.3 Å². The number of amides is 1. The number of carbonyl (C=O) groups excluding carboxylic acids is 1. The molecule has 0 atom stereocenters. The molecule has 0 aliphatic carbocycles. The molecule has 1 amide bonds. The monoisotopic (exact) mass is 402 g/mol. The van der Waals surface area contributed by atoms with Crippen LogP contribution in [-0.2, 0) is 21.2 Å². The Hall–Kier alpha value is -2.38. The van der Waals surface area contributed by atoms with E-state index in [4.69, 9.17) is 4.74 Å². The fourth-order valence-corrected chi connectivity index (χ4v) is 4.81. The van der Waals surface area contributed by atoms with Gasteiger partial charge in [-0.05, 0) is 61.6 Å². The Bertz CT molecular complexity index is 933. The summed E-state index contributed by atoms with van der Waals surface area (Å²) in [5.41, 5.74) is 2.61. The number of nitrogens with one attached hydrogen (secondary N) is 1. The van der Waals surface area contributed by atoms with E-state index in [1.165, 1.54) is 4.31 Å². The van der Waals surface area contributed by atoms with Crippen LogP contribution in [0, 0.1) is 6.92 Å². The van der Waals surface area contributed by atoms with Crippen molar-refractivity contribution in [2.45, 2.75) is 37.5 Å². The molecule has 0 radical (unpaired) electrons. The maximum absolute atomic E-state index is 12.6. The zero-order chi connectivity index (χ0) is 20.1. The van der Waals surface area contributed by atoms with Gasteiger partial charge in [0, 0.05) is 19.5 Å². The molecule has 1 aliphatic rings. The Kier molecular flexibility index (Phi) is 6.36. The van der Waals surface area contributed by atoms with E-state index in [-0.39, 0.29) is 5.91 Å². The third-order valence-electron chi connectivity index (χ3n) is 4.90. The summed E-state index contributed by atoms with van der Waals surface area (Å²) >= 11 is 0. The highest BCUT2D eigenvalue weighted by Crippen LogP contribution is 2.25. The third kappa shape index (κ3) is 4.72. The number of methoxy groups -OCH3 is 1. The number of ether oxygens (including phenoxy) is 1.